The third kappa shape index (κ3) is 4.80. The molecule has 1 aromatic heterocycles. The van der Waals surface area contributed by atoms with Crippen LogP contribution < -0.4 is 10.6 Å². The smallest absolute Gasteiger partial charge is 0.245 e. The van der Waals surface area contributed by atoms with Crippen LogP contribution in [0.2, 0.25) is 0 Å². The zero-order chi connectivity index (χ0) is 11.1. The summed E-state index contributed by atoms with van der Waals surface area (Å²) in [5.74, 6) is 0.0108. The number of carbonyl (C=O) groups is 2. The van der Waals surface area contributed by atoms with Gasteiger partial charge in [-0.05, 0) is 5.75 Å². The van der Waals surface area contributed by atoms with Crippen molar-refractivity contribution in [2.75, 3.05) is 17.6 Å². The van der Waals surface area contributed by atoms with Crippen molar-refractivity contribution in [1.82, 2.24) is 10.3 Å². The van der Waals surface area contributed by atoms with E-state index in [1.165, 1.54) is 11.3 Å². The minimum atomic E-state index is -0.280. The number of hydrogen-bond acceptors (Lipinski definition) is 5. The van der Waals surface area contributed by atoms with E-state index in [-0.39, 0.29) is 18.4 Å². The van der Waals surface area contributed by atoms with E-state index in [0.717, 1.165) is 0 Å². The highest BCUT2D eigenvalue weighted by Crippen LogP contribution is 2.09. The lowest BCUT2D eigenvalue weighted by molar-refractivity contribution is -0.123. The Morgan fingerprint density at radius 2 is 2.27 bits per heavy atom. The molecule has 0 bridgehead atoms. The summed E-state index contributed by atoms with van der Waals surface area (Å²) in [5.41, 5.74) is 0. The first-order valence-electron chi connectivity index (χ1n) is 4.29. The Balaban J connectivity index is 2.22. The van der Waals surface area contributed by atoms with Crippen molar-refractivity contribution in [2.24, 2.45) is 0 Å². The lowest BCUT2D eigenvalue weighted by Gasteiger charge is -2.03. The first kappa shape index (κ1) is 12.0. The quantitative estimate of drug-likeness (QED) is 0.662. The number of aromatic nitrogens is 1. The summed E-state index contributed by atoms with van der Waals surface area (Å²) < 4.78 is 0. The Hall–Kier alpha value is -1.08. The van der Waals surface area contributed by atoms with E-state index < -0.39 is 0 Å². The summed E-state index contributed by atoms with van der Waals surface area (Å²) in [6, 6.07) is 0. The van der Waals surface area contributed by atoms with Gasteiger partial charge in [0.1, 0.15) is 0 Å². The van der Waals surface area contributed by atoms with Crippen molar-refractivity contribution in [3.8, 4) is 0 Å². The second kappa shape index (κ2) is 6.41. The Morgan fingerprint density at radius 1 is 1.47 bits per heavy atom. The molecule has 2 N–H and O–H groups in total. The number of nitrogens with one attached hydrogen (secondary N) is 2. The van der Waals surface area contributed by atoms with Crippen LogP contribution in [0.4, 0.5) is 5.13 Å². The first-order valence-corrected chi connectivity index (χ1v) is 5.80. The normalized spacial score (nSPS) is 9.67. The zero-order valence-electron chi connectivity index (χ0n) is 7.90. The summed E-state index contributed by atoms with van der Waals surface area (Å²) in [6.07, 6.45) is 1.91. The molecule has 0 fully saturated rings. The molecule has 1 heterocycles. The van der Waals surface area contributed by atoms with Crippen molar-refractivity contribution >= 4 is 40.9 Å². The molecule has 0 atom stereocenters. The topological polar surface area (TPSA) is 71.1 Å². The molecule has 0 unspecified atom stereocenters. The number of thiol groups is 1. The number of rotatable bonds is 5. The van der Waals surface area contributed by atoms with Crippen LogP contribution in [0, 0.1) is 0 Å². The van der Waals surface area contributed by atoms with Gasteiger partial charge in [-0.2, -0.15) is 12.6 Å². The Labute approximate surface area is 96.7 Å². The van der Waals surface area contributed by atoms with Gasteiger partial charge in [0.25, 0.3) is 0 Å². The summed E-state index contributed by atoms with van der Waals surface area (Å²) in [6.45, 7) is -0.0355. The molecule has 0 aliphatic heterocycles. The third-order valence-corrected chi connectivity index (χ3v) is 2.38. The SMILES string of the molecule is O=C(CCS)NCC(=O)Nc1nccs1. The molecule has 0 aromatic carbocycles. The Morgan fingerprint density at radius 3 is 2.87 bits per heavy atom. The van der Waals surface area contributed by atoms with Crippen molar-refractivity contribution < 1.29 is 9.59 Å². The number of thiazole rings is 1. The number of hydrogen-bond donors (Lipinski definition) is 3. The highest BCUT2D eigenvalue weighted by atomic mass is 32.1. The van der Waals surface area contributed by atoms with Gasteiger partial charge < -0.3 is 10.6 Å². The lowest BCUT2D eigenvalue weighted by atomic mass is 10.4. The van der Waals surface area contributed by atoms with Gasteiger partial charge in [0.15, 0.2) is 5.13 Å². The van der Waals surface area contributed by atoms with Crippen molar-refractivity contribution in [2.45, 2.75) is 6.42 Å². The summed E-state index contributed by atoms with van der Waals surface area (Å²) >= 11 is 5.23. The molecule has 1 aromatic rings. The molecule has 82 valence electrons. The van der Waals surface area contributed by atoms with Crippen LogP contribution >= 0.6 is 24.0 Å². The number of anilines is 1. The molecule has 0 aliphatic rings. The minimum absolute atomic E-state index is 0.0355. The molecule has 1 rings (SSSR count). The van der Waals surface area contributed by atoms with Crippen LogP contribution in [-0.4, -0.2) is 29.1 Å². The zero-order valence-corrected chi connectivity index (χ0v) is 9.61. The largest absolute Gasteiger partial charge is 0.347 e. The summed E-state index contributed by atoms with van der Waals surface area (Å²) in [4.78, 5) is 26.1. The van der Waals surface area contributed by atoms with Gasteiger partial charge in [-0.1, -0.05) is 0 Å². The molecule has 2 amide bonds. The van der Waals surface area contributed by atoms with Crippen LogP contribution in [0.5, 0.6) is 0 Å². The Kier molecular flexibility index (Phi) is 5.13. The molecule has 5 nitrogen and oxygen atoms in total. The van der Waals surface area contributed by atoms with E-state index >= 15 is 0 Å². The third-order valence-electron chi connectivity index (χ3n) is 1.46. The fourth-order valence-corrected chi connectivity index (χ4v) is 1.57. The number of amides is 2. The van der Waals surface area contributed by atoms with Gasteiger partial charge in [0.2, 0.25) is 11.8 Å². The van der Waals surface area contributed by atoms with Crippen molar-refractivity contribution in [3.05, 3.63) is 11.6 Å². The number of carbonyl (C=O) groups excluding carboxylic acids is 2. The molecular weight excluding hydrogens is 234 g/mol. The van der Waals surface area contributed by atoms with E-state index in [1.54, 1.807) is 11.6 Å². The summed E-state index contributed by atoms with van der Waals surface area (Å²) in [5, 5.41) is 7.32. The van der Waals surface area contributed by atoms with E-state index in [4.69, 9.17) is 0 Å². The van der Waals surface area contributed by atoms with Gasteiger partial charge >= 0.3 is 0 Å². The average Bonchev–Trinajstić information content (AvgIpc) is 2.68. The van der Waals surface area contributed by atoms with E-state index in [2.05, 4.69) is 28.2 Å². The van der Waals surface area contributed by atoms with E-state index in [1.807, 2.05) is 0 Å². The van der Waals surface area contributed by atoms with E-state index in [0.29, 0.717) is 17.3 Å². The second-order valence-corrected chi connectivity index (χ2v) is 3.98. The van der Waals surface area contributed by atoms with Gasteiger partial charge in [0.05, 0.1) is 6.54 Å². The fraction of sp³-hybridized carbons (Fsp3) is 0.375. The maximum atomic E-state index is 11.2. The van der Waals surface area contributed by atoms with Crippen LogP contribution in [0.1, 0.15) is 6.42 Å². The van der Waals surface area contributed by atoms with Crippen molar-refractivity contribution in [1.29, 1.82) is 0 Å². The standard InChI is InChI=1S/C8H11N3O2S2/c12-6(1-3-14)10-5-7(13)11-8-9-2-4-15-8/h2,4,14H,1,3,5H2,(H,10,12)(H,9,11,13). The Bertz CT molecular complexity index is 327. The average molecular weight is 245 g/mol. The second-order valence-electron chi connectivity index (χ2n) is 2.64. The van der Waals surface area contributed by atoms with E-state index in [9.17, 15) is 9.59 Å². The molecule has 0 saturated carbocycles. The molecular formula is C8H11N3O2S2. The van der Waals surface area contributed by atoms with Gasteiger partial charge in [0, 0.05) is 18.0 Å². The maximum Gasteiger partial charge on any atom is 0.245 e. The van der Waals surface area contributed by atoms with Crippen LogP contribution in [0.3, 0.4) is 0 Å². The fourth-order valence-electron chi connectivity index (χ4n) is 0.817. The number of nitrogens with zero attached hydrogens (tertiary/aromatic N) is 1. The molecule has 0 saturated heterocycles. The predicted molar refractivity (Wildman–Crippen MR) is 62.2 cm³/mol. The highest BCUT2D eigenvalue weighted by Gasteiger charge is 2.05. The van der Waals surface area contributed by atoms with Crippen LogP contribution in [0.15, 0.2) is 11.6 Å². The molecule has 0 radical (unpaired) electrons. The summed E-state index contributed by atoms with van der Waals surface area (Å²) in [7, 11) is 0. The first-order chi connectivity index (χ1) is 7.22. The van der Waals surface area contributed by atoms with Crippen LogP contribution in [0.25, 0.3) is 0 Å². The molecule has 7 heteroatoms. The van der Waals surface area contributed by atoms with Crippen LogP contribution in [-0.2, 0) is 9.59 Å². The van der Waals surface area contributed by atoms with Gasteiger partial charge in [-0.15, -0.1) is 11.3 Å². The lowest BCUT2D eigenvalue weighted by Crippen LogP contribution is -2.32. The highest BCUT2D eigenvalue weighted by molar-refractivity contribution is 7.80. The molecule has 15 heavy (non-hydrogen) atoms. The monoisotopic (exact) mass is 245 g/mol. The maximum absolute atomic E-state index is 11.2. The minimum Gasteiger partial charge on any atom is -0.347 e. The van der Waals surface area contributed by atoms with Crippen molar-refractivity contribution in [3.63, 3.8) is 0 Å². The molecule has 0 spiro atoms. The van der Waals surface area contributed by atoms with Gasteiger partial charge in [-0.25, -0.2) is 4.98 Å². The molecule has 0 aliphatic carbocycles. The predicted octanol–water partition coefficient (Wildman–Crippen LogP) is 0.518. The van der Waals surface area contributed by atoms with Gasteiger partial charge in [-0.3, -0.25) is 9.59 Å².